The number of nitrogens with zero attached hydrogens (tertiary/aromatic N) is 2. The molecule has 0 radical (unpaired) electrons. The quantitative estimate of drug-likeness (QED) is 0.439. The van der Waals surface area contributed by atoms with Crippen molar-refractivity contribution < 1.29 is 4.74 Å². The standard InChI is InChI=1S/C24H26N2OS2/c1-18-6-3-4-7-20(18)16-29-17-21-15-27-24(25-21)23-8-5-13-26(23)14-19-9-11-22(28-2)12-10-19/h3-13,21H,14-17H2,1-2H3/t21-/m0/s1. The lowest BCUT2D eigenvalue weighted by molar-refractivity contribution is 0.323. The number of hydrogen-bond donors (Lipinski definition) is 0. The lowest BCUT2D eigenvalue weighted by Gasteiger charge is -2.09. The van der Waals surface area contributed by atoms with Gasteiger partial charge in [0.25, 0.3) is 0 Å². The van der Waals surface area contributed by atoms with E-state index in [1.165, 1.54) is 21.6 Å². The molecule has 2 heterocycles. The molecule has 0 saturated carbocycles. The van der Waals surface area contributed by atoms with Crippen LogP contribution in [-0.2, 0) is 17.0 Å². The van der Waals surface area contributed by atoms with Gasteiger partial charge in [-0.3, -0.25) is 0 Å². The largest absolute Gasteiger partial charge is 0.474 e. The summed E-state index contributed by atoms with van der Waals surface area (Å²) in [4.78, 5) is 6.15. The molecular weight excluding hydrogens is 396 g/mol. The normalized spacial score (nSPS) is 15.9. The van der Waals surface area contributed by atoms with E-state index in [1.54, 1.807) is 11.8 Å². The van der Waals surface area contributed by atoms with Crippen LogP contribution in [0.15, 0.2) is 76.7 Å². The van der Waals surface area contributed by atoms with Crippen molar-refractivity contribution in [3.05, 3.63) is 89.2 Å². The first kappa shape index (κ1) is 20.2. The van der Waals surface area contributed by atoms with E-state index in [2.05, 4.69) is 84.6 Å². The van der Waals surface area contributed by atoms with E-state index >= 15 is 0 Å². The highest BCUT2D eigenvalue weighted by atomic mass is 32.2. The minimum absolute atomic E-state index is 0.225. The van der Waals surface area contributed by atoms with E-state index in [4.69, 9.17) is 9.73 Å². The third-order valence-electron chi connectivity index (χ3n) is 5.10. The minimum atomic E-state index is 0.225. The molecule has 2 aromatic carbocycles. The van der Waals surface area contributed by atoms with Gasteiger partial charge in [-0.1, -0.05) is 36.4 Å². The van der Waals surface area contributed by atoms with Gasteiger partial charge < -0.3 is 9.30 Å². The van der Waals surface area contributed by atoms with Crippen molar-refractivity contribution in [1.82, 2.24) is 4.57 Å². The molecule has 0 saturated heterocycles. The second kappa shape index (κ2) is 9.59. The van der Waals surface area contributed by atoms with Crippen molar-refractivity contribution in [2.45, 2.75) is 30.2 Å². The van der Waals surface area contributed by atoms with Gasteiger partial charge in [0.15, 0.2) is 0 Å². The lowest BCUT2D eigenvalue weighted by atomic mass is 10.1. The van der Waals surface area contributed by atoms with E-state index in [0.717, 1.165) is 29.6 Å². The van der Waals surface area contributed by atoms with Crippen molar-refractivity contribution in [1.29, 1.82) is 0 Å². The number of ether oxygens (including phenoxy) is 1. The van der Waals surface area contributed by atoms with E-state index < -0.39 is 0 Å². The summed E-state index contributed by atoms with van der Waals surface area (Å²) in [6.07, 6.45) is 4.20. The third kappa shape index (κ3) is 5.09. The van der Waals surface area contributed by atoms with Crippen LogP contribution in [0, 0.1) is 6.92 Å². The molecule has 1 atom stereocenters. The molecular formula is C24H26N2OS2. The van der Waals surface area contributed by atoms with Crippen LogP contribution < -0.4 is 0 Å². The third-order valence-corrected chi connectivity index (χ3v) is 6.98. The van der Waals surface area contributed by atoms with Gasteiger partial charge in [0.05, 0.1) is 6.04 Å². The molecule has 1 aliphatic heterocycles. The van der Waals surface area contributed by atoms with Crippen LogP contribution in [0.3, 0.4) is 0 Å². The van der Waals surface area contributed by atoms with Gasteiger partial charge in [0.1, 0.15) is 12.3 Å². The minimum Gasteiger partial charge on any atom is -0.474 e. The van der Waals surface area contributed by atoms with Gasteiger partial charge in [-0.2, -0.15) is 11.8 Å². The first-order valence-electron chi connectivity index (χ1n) is 9.84. The maximum Gasteiger partial charge on any atom is 0.233 e. The van der Waals surface area contributed by atoms with Crippen LogP contribution in [-0.4, -0.2) is 35.1 Å². The lowest BCUT2D eigenvalue weighted by Crippen LogP contribution is -2.11. The van der Waals surface area contributed by atoms with Crippen molar-refractivity contribution in [3.63, 3.8) is 0 Å². The molecule has 3 aromatic rings. The van der Waals surface area contributed by atoms with Crippen molar-refractivity contribution in [2.75, 3.05) is 18.6 Å². The monoisotopic (exact) mass is 422 g/mol. The highest BCUT2D eigenvalue weighted by Gasteiger charge is 2.22. The van der Waals surface area contributed by atoms with Crippen LogP contribution in [0.1, 0.15) is 22.4 Å². The molecule has 0 unspecified atom stereocenters. The SMILES string of the molecule is CSc1ccc(Cn2cccc2C2=N[C@H](CSCc3ccccc3C)CO2)cc1. The number of benzene rings is 2. The van der Waals surface area contributed by atoms with Gasteiger partial charge in [-0.05, 0) is 54.1 Å². The Hall–Kier alpha value is -2.11. The smallest absolute Gasteiger partial charge is 0.233 e. The van der Waals surface area contributed by atoms with E-state index in [0.29, 0.717) is 6.61 Å². The van der Waals surface area contributed by atoms with Crippen molar-refractivity contribution in [2.24, 2.45) is 4.99 Å². The van der Waals surface area contributed by atoms with Gasteiger partial charge in [0.2, 0.25) is 5.90 Å². The summed E-state index contributed by atoms with van der Waals surface area (Å²) < 4.78 is 8.18. The number of hydrogen-bond acceptors (Lipinski definition) is 4. The summed E-state index contributed by atoms with van der Waals surface area (Å²) in [7, 11) is 0. The Morgan fingerprint density at radius 3 is 2.69 bits per heavy atom. The molecule has 3 nitrogen and oxygen atoms in total. The number of aromatic nitrogens is 1. The molecule has 0 amide bonds. The van der Waals surface area contributed by atoms with Crippen molar-refractivity contribution >= 4 is 29.4 Å². The summed E-state index contributed by atoms with van der Waals surface area (Å²) in [5.41, 5.74) is 5.10. The summed E-state index contributed by atoms with van der Waals surface area (Å²) in [5.74, 6) is 2.78. The Bertz CT molecular complexity index is 979. The van der Waals surface area contributed by atoms with Gasteiger partial charge >= 0.3 is 0 Å². The summed E-state index contributed by atoms with van der Waals surface area (Å²) in [6.45, 7) is 3.67. The van der Waals surface area contributed by atoms with Gasteiger partial charge in [-0.15, -0.1) is 11.8 Å². The number of aliphatic imine (C=N–C) groups is 1. The predicted octanol–water partition coefficient (Wildman–Crippen LogP) is 5.65. The van der Waals surface area contributed by atoms with Crippen LogP contribution in [0.4, 0.5) is 0 Å². The summed E-state index contributed by atoms with van der Waals surface area (Å²) >= 11 is 3.70. The number of thioether (sulfide) groups is 2. The fourth-order valence-electron chi connectivity index (χ4n) is 3.39. The second-order valence-corrected chi connectivity index (χ2v) is 9.12. The average Bonchev–Trinajstić information content (AvgIpc) is 3.39. The molecule has 0 fully saturated rings. The fraction of sp³-hybridized carbons (Fsp3) is 0.292. The topological polar surface area (TPSA) is 26.5 Å². The Labute approximate surface area is 181 Å². The van der Waals surface area contributed by atoms with Crippen LogP contribution in [0.5, 0.6) is 0 Å². The maximum absolute atomic E-state index is 5.96. The Kier molecular flexibility index (Phi) is 6.67. The predicted molar refractivity (Wildman–Crippen MR) is 125 cm³/mol. The van der Waals surface area contributed by atoms with Crippen LogP contribution >= 0.6 is 23.5 Å². The van der Waals surface area contributed by atoms with Crippen LogP contribution in [0.2, 0.25) is 0 Å². The molecule has 1 aromatic heterocycles. The van der Waals surface area contributed by atoms with Crippen molar-refractivity contribution in [3.8, 4) is 0 Å². The van der Waals surface area contributed by atoms with Gasteiger partial charge in [0, 0.05) is 29.1 Å². The molecule has 0 aliphatic carbocycles. The van der Waals surface area contributed by atoms with Crippen LogP contribution in [0.25, 0.3) is 0 Å². The molecule has 0 N–H and O–H groups in total. The average molecular weight is 423 g/mol. The Morgan fingerprint density at radius 1 is 1.07 bits per heavy atom. The number of aryl methyl sites for hydroxylation is 1. The number of rotatable bonds is 8. The highest BCUT2D eigenvalue weighted by molar-refractivity contribution is 7.98. The Morgan fingerprint density at radius 2 is 1.90 bits per heavy atom. The highest BCUT2D eigenvalue weighted by Crippen LogP contribution is 2.21. The van der Waals surface area contributed by atoms with E-state index in [1.807, 2.05) is 11.8 Å². The van der Waals surface area contributed by atoms with E-state index in [-0.39, 0.29) is 6.04 Å². The zero-order valence-electron chi connectivity index (χ0n) is 16.9. The molecule has 29 heavy (non-hydrogen) atoms. The molecule has 0 spiro atoms. The second-order valence-electron chi connectivity index (χ2n) is 7.21. The summed E-state index contributed by atoms with van der Waals surface area (Å²) in [6, 6.07) is 21.7. The summed E-state index contributed by atoms with van der Waals surface area (Å²) in [5, 5.41) is 0. The molecule has 1 aliphatic rings. The molecule has 4 rings (SSSR count). The molecule has 5 heteroatoms. The fourth-order valence-corrected chi connectivity index (χ4v) is 4.90. The first-order chi connectivity index (χ1) is 14.2. The molecule has 150 valence electrons. The first-order valence-corrected chi connectivity index (χ1v) is 12.2. The zero-order chi connectivity index (χ0) is 20.1. The van der Waals surface area contributed by atoms with E-state index in [9.17, 15) is 0 Å². The maximum atomic E-state index is 5.96. The molecule has 0 bridgehead atoms. The zero-order valence-corrected chi connectivity index (χ0v) is 18.5. The Balaban J connectivity index is 1.37. The van der Waals surface area contributed by atoms with Gasteiger partial charge in [-0.25, -0.2) is 4.99 Å².